The number of halogens is 2. The lowest BCUT2D eigenvalue weighted by atomic mass is 10.0. The van der Waals surface area contributed by atoms with Gasteiger partial charge in [0.25, 0.3) is 0 Å². The fraction of sp³-hybridized carbons (Fsp3) is 0.423. The predicted molar refractivity (Wildman–Crippen MR) is 134 cm³/mol. The number of carboxylic acids is 1. The van der Waals surface area contributed by atoms with Crippen LogP contribution in [0.5, 0.6) is 11.5 Å². The monoisotopic (exact) mass is 534 g/mol. The van der Waals surface area contributed by atoms with Gasteiger partial charge >= 0.3 is 5.97 Å². The molecule has 2 amide bonds. The molecule has 0 spiro atoms. The van der Waals surface area contributed by atoms with Crippen molar-refractivity contribution >= 4 is 41.0 Å². The van der Waals surface area contributed by atoms with Gasteiger partial charge in [-0.2, -0.15) is 0 Å². The molecule has 36 heavy (non-hydrogen) atoms. The number of carbonyl (C=O) groups excluding carboxylic acids is 2. The Morgan fingerprint density at radius 3 is 2.42 bits per heavy atom. The Kier molecular flexibility index (Phi) is 8.39. The van der Waals surface area contributed by atoms with E-state index >= 15 is 0 Å². The molecule has 1 unspecified atom stereocenters. The molecule has 0 radical (unpaired) electrons. The molecule has 0 aromatic heterocycles. The van der Waals surface area contributed by atoms with E-state index in [2.05, 4.69) is 0 Å². The molecule has 10 heteroatoms. The van der Waals surface area contributed by atoms with Gasteiger partial charge in [-0.1, -0.05) is 35.3 Å². The van der Waals surface area contributed by atoms with Gasteiger partial charge in [0.1, 0.15) is 12.6 Å². The fourth-order valence-corrected chi connectivity index (χ4v) is 4.68. The molecule has 1 saturated heterocycles. The molecule has 1 heterocycles. The number of amides is 2. The number of carboxylic acid groups (broad SMARTS) is 1. The van der Waals surface area contributed by atoms with Crippen LogP contribution in [0.2, 0.25) is 10.0 Å². The molecule has 1 atom stereocenters. The van der Waals surface area contributed by atoms with E-state index in [0.29, 0.717) is 46.1 Å². The topological polar surface area (TPSA) is 96.4 Å². The molecule has 0 bridgehead atoms. The van der Waals surface area contributed by atoms with E-state index in [-0.39, 0.29) is 37.8 Å². The van der Waals surface area contributed by atoms with Crippen LogP contribution in [-0.2, 0) is 20.9 Å². The van der Waals surface area contributed by atoms with Gasteiger partial charge in [-0.3, -0.25) is 24.2 Å². The van der Waals surface area contributed by atoms with Crippen LogP contribution in [0, 0.1) is 5.92 Å². The summed E-state index contributed by atoms with van der Waals surface area (Å²) in [5, 5.41) is 10.8. The van der Waals surface area contributed by atoms with Crippen molar-refractivity contribution in [3.8, 4) is 11.5 Å². The molecule has 1 aliphatic heterocycles. The van der Waals surface area contributed by atoms with Gasteiger partial charge in [0, 0.05) is 25.9 Å². The van der Waals surface area contributed by atoms with Crippen LogP contribution >= 0.6 is 23.2 Å². The van der Waals surface area contributed by atoms with Crippen LogP contribution in [0.25, 0.3) is 0 Å². The van der Waals surface area contributed by atoms with Crippen molar-refractivity contribution < 1.29 is 29.0 Å². The Hall–Kier alpha value is -2.81. The van der Waals surface area contributed by atoms with Crippen molar-refractivity contribution in [2.45, 2.75) is 38.3 Å². The van der Waals surface area contributed by atoms with E-state index in [4.69, 9.17) is 32.7 Å². The van der Waals surface area contributed by atoms with E-state index < -0.39 is 12.0 Å². The minimum atomic E-state index is -0.966. The molecule has 192 valence electrons. The quantitative estimate of drug-likeness (QED) is 0.398. The lowest BCUT2D eigenvalue weighted by molar-refractivity contribution is -0.144. The highest BCUT2D eigenvalue weighted by Crippen LogP contribution is 2.36. The molecule has 8 nitrogen and oxygen atoms in total. The van der Waals surface area contributed by atoms with Crippen molar-refractivity contribution in [2.24, 2.45) is 5.92 Å². The zero-order valence-electron chi connectivity index (χ0n) is 19.9. The summed E-state index contributed by atoms with van der Waals surface area (Å²) in [5.74, 6) is 0.0862. The smallest absolute Gasteiger partial charge is 0.325 e. The van der Waals surface area contributed by atoms with Crippen molar-refractivity contribution in [1.82, 2.24) is 9.80 Å². The van der Waals surface area contributed by atoms with Crippen molar-refractivity contribution in [3.05, 3.63) is 57.6 Å². The number of aliphatic carboxylic acids is 1. The summed E-state index contributed by atoms with van der Waals surface area (Å²) in [5.41, 5.74) is 1.42. The molecule has 1 aliphatic carbocycles. The second kappa shape index (κ2) is 11.5. The van der Waals surface area contributed by atoms with Crippen molar-refractivity contribution in [1.29, 1.82) is 0 Å². The van der Waals surface area contributed by atoms with Crippen LogP contribution in [0.1, 0.15) is 42.9 Å². The summed E-state index contributed by atoms with van der Waals surface area (Å²) in [7, 11) is 1.53. The summed E-state index contributed by atoms with van der Waals surface area (Å²) < 4.78 is 11.3. The number of benzene rings is 2. The van der Waals surface area contributed by atoms with Gasteiger partial charge in [-0.05, 0) is 54.2 Å². The van der Waals surface area contributed by atoms with Gasteiger partial charge in [-0.15, -0.1) is 0 Å². The van der Waals surface area contributed by atoms with E-state index in [9.17, 15) is 19.5 Å². The van der Waals surface area contributed by atoms with E-state index in [1.54, 1.807) is 24.3 Å². The summed E-state index contributed by atoms with van der Waals surface area (Å²) in [6, 6.07) is 9.45. The molecule has 1 saturated carbocycles. The standard InChI is InChI=1S/C26H28Cl2N2O6/c1-35-22-12-17(4-7-21(22)36-11-10-30-23(31)8-9-24(30)32)15-29(14-16-2-3-16)25(26(33)34)18-5-6-19(27)20(28)13-18/h4-7,12-13,16,25H,2-3,8-11,14-15H2,1H3,(H,33,34). The normalized spacial score (nSPS) is 16.5. The number of hydrogen-bond acceptors (Lipinski definition) is 6. The first kappa shape index (κ1) is 26.3. The van der Waals surface area contributed by atoms with Crippen LogP contribution in [0.3, 0.4) is 0 Å². The zero-order chi connectivity index (χ0) is 25.8. The predicted octanol–water partition coefficient (Wildman–Crippen LogP) is 4.57. The lowest BCUT2D eigenvalue weighted by Gasteiger charge is -2.30. The molecule has 2 aliphatic rings. The fourth-order valence-electron chi connectivity index (χ4n) is 4.37. The molecule has 1 N–H and O–H groups in total. The molecule has 2 fully saturated rings. The van der Waals surface area contributed by atoms with E-state index in [1.807, 2.05) is 17.0 Å². The first-order chi connectivity index (χ1) is 17.3. The lowest BCUT2D eigenvalue weighted by Crippen LogP contribution is -2.35. The highest BCUT2D eigenvalue weighted by atomic mass is 35.5. The van der Waals surface area contributed by atoms with Crippen molar-refractivity contribution in [3.63, 3.8) is 0 Å². The van der Waals surface area contributed by atoms with Gasteiger partial charge in [0.2, 0.25) is 11.8 Å². The summed E-state index contributed by atoms with van der Waals surface area (Å²) >= 11 is 12.2. The van der Waals surface area contributed by atoms with Crippen LogP contribution in [0.15, 0.2) is 36.4 Å². The Morgan fingerprint density at radius 1 is 1.08 bits per heavy atom. The third-order valence-corrected chi connectivity index (χ3v) is 7.13. The third kappa shape index (κ3) is 6.30. The molecular formula is C26H28Cl2N2O6. The molecular weight excluding hydrogens is 507 g/mol. The third-order valence-electron chi connectivity index (χ3n) is 6.39. The van der Waals surface area contributed by atoms with Gasteiger partial charge in [0.05, 0.1) is 23.7 Å². The van der Waals surface area contributed by atoms with Crippen molar-refractivity contribution in [2.75, 3.05) is 26.8 Å². The molecule has 2 aromatic rings. The van der Waals surface area contributed by atoms with Crippen LogP contribution < -0.4 is 9.47 Å². The second-order valence-electron chi connectivity index (χ2n) is 9.06. The van der Waals surface area contributed by atoms with Gasteiger partial charge < -0.3 is 14.6 Å². The largest absolute Gasteiger partial charge is 0.493 e. The number of rotatable bonds is 12. The number of likely N-dealkylation sites (tertiary alicyclic amines) is 1. The number of imide groups is 1. The average Bonchev–Trinajstić information content (AvgIpc) is 3.61. The number of nitrogens with zero attached hydrogens (tertiary/aromatic N) is 2. The Morgan fingerprint density at radius 2 is 1.81 bits per heavy atom. The second-order valence-corrected chi connectivity index (χ2v) is 9.87. The maximum absolute atomic E-state index is 12.4. The van der Waals surface area contributed by atoms with E-state index in [1.165, 1.54) is 12.0 Å². The highest BCUT2D eigenvalue weighted by molar-refractivity contribution is 6.42. The molecule has 4 rings (SSSR count). The highest BCUT2D eigenvalue weighted by Gasteiger charge is 2.33. The summed E-state index contributed by atoms with van der Waals surface area (Å²) in [4.78, 5) is 39.1. The van der Waals surface area contributed by atoms with Gasteiger partial charge in [-0.25, -0.2) is 0 Å². The minimum absolute atomic E-state index is 0.152. The SMILES string of the molecule is COc1cc(CN(CC2CC2)C(C(=O)O)c2ccc(Cl)c(Cl)c2)ccc1OCCN1C(=O)CCC1=O. The average molecular weight is 535 g/mol. The van der Waals surface area contributed by atoms with E-state index in [0.717, 1.165) is 18.4 Å². The van der Waals surface area contributed by atoms with Crippen LogP contribution in [-0.4, -0.2) is 59.5 Å². The maximum atomic E-state index is 12.4. The Bertz CT molecular complexity index is 1140. The zero-order valence-corrected chi connectivity index (χ0v) is 21.4. The summed E-state index contributed by atoms with van der Waals surface area (Å²) in [6.45, 7) is 1.35. The maximum Gasteiger partial charge on any atom is 0.325 e. The molecule has 2 aromatic carbocycles. The van der Waals surface area contributed by atoms with Crippen LogP contribution in [0.4, 0.5) is 0 Å². The van der Waals surface area contributed by atoms with Gasteiger partial charge in [0.15, 0.2) is 11.5 Å². The first-order valence-corrected chi connectivity index (χ1v) is 12.6. The minimum Gasteiger partial charge on any atom is -0.493 e. The Labute approximate surface area is 219 Å². The Balaban J connectivity index is 1.49. The summed E-state index contributed by atoms with van der Waals surface area (Å²) in [6.07, 6.45) is 2.63. The number of ether oxygens (including phenoxy) is 2. The number of carbonyl (C=O) groups is 3. The number of methoxy groups -OCH3 is 1. The number of hydrogen-bond donors (Lipinski definition) is 1. The first-order valence-electron chi connectivity index (χ1n) is 11.8.